The number of aryl methyl sites for hydroxylation is 1. The van der Waals surface area contributed by atoms with Gasteiger partial charge in [0, 0.05) is 16.3 Å². The van der Waals surface area contributed by atoms with Crippen LogP contribution in [-0.4, -0.2) is 41.1 Å². The molecule has 0 aromatic carbocycles. The fourth-order valence-electron chi connectivity index (χ4n) is 2.28. The van der Waals surface area contributed by atoms with Crippen molar-refractivity contribution in [3.8, 4) is 0 Å². The fourth-order valence-corrected chi connectivity index (χ4v) is 3.37. The minimum Gasteiger partial charge on any atom is -0.479 e. The van der Waals surface area contributed by atoms with Crippen molar-refractivity contribution in [3.63, 3.8) is 0 Å². The van der Waals surface area contributed by atoms with Gasteiger partial charge in [0.05, 0.1) is 0 Å². The predicted octanol–water partition coefficient (Wildman–Crippen LogP) is 1.68. The molecule has 2 heterocycles. The number of hydrogen-bond donors (Lipinski definition) is 1. The predicted molar refractivity (Wildman–Crippen MR) is 71.2 cm³/mol. The number of amides is 1. The highest BCUT2D eigenvalue weighted by Crippen LogP contribution is 2.34. The minimum atomic E-state index is -1.03. The van der Waals surface area contributed by atoms with Gasteiger partial charge in [0.15, 0.2) is 6.10 Å². The molecule has 104 valence electrons. The highest BCUT2D eigenvalue weighted by Gasteiger charge is 2.41. The molecule has 1 fully saturated rings. The van der Waals surface area contributed by atoms with Gasteiger partial charge in [-0.05, 0) is 25.5 Å². The first-order chi connectivity index (χ1) is 9.08. The Balaban J connectivity index is 2.37. The van der Waals surface area contributed by atoms with Crippen LogP contribution in [0.2, 0.25) is 0 Å². The second-order valence-electron chi connectivity index (χ2n) is 4.35. The lowest BCUT2D eigenvalue weighted by Crippen LogP contribution is -2.51. The molecule has 2 rings (SSSR count). The fraction of sp³-hybridized carbons (Fsp3) is 0.538. The van der Waals surface area contributed by atoms with Gasteiger partial charge in [0.1, 0.15) is 12.6 Å². The van der Waals surface area contributed by atoms with Crippen molar-refractivity contribution in [2.45, 2.75) is 32.4 Å². The molecule has 0 bridgehead atoms. The van der Waals surface area contributed by atoms with Crippen LogP contribution in [0.25, 0.3) is 0 Å². The summed E-state index contributed by atoms with van der Waals surface area (Å²) in [5.41, 5.74) is 0. The summed E-state index contributed by atoms with van der Waals surface area (Å²) in [7, 11) is 0. The van der Waals surface area contributed by atoms with E-state index >= 15 is 0 Å². The largest absolute Gasteiger partial charge is 0.479 e. The Bertz CT molecular complexity index is 483. The molecular weight excluding hydrogens is 266 g/mol. The van der Waals surface area contributed by atoms with Crippen LogP contribution in [0, 0.1) is 0 Å². The average Bonchev–Trinajstić information content (AvgIpc) is 2.86. The maximum absolute atomic E-state index is 11.9. The first-order valence-corrected chi connectivity index (χ1v) is 7.12. The van der Waals surface area contributed by atoms with E-state index in [1.165, 1.54) is 4.88 Å². The van der Waals surface area contributed by atoms with Gasteiger partial charge in [-0.2, -0.15) is 0 Å². The number of likely N-dealkylation sites (N-methyl/N-ethyl adjacent to an activating group) is 1. The molecule has 1 aromatic rings. The van der Waals surface area contributed by atoms with E-state index < -0.39 is 18.1 Å². The van der Waals surface area contributed by atoms with Crippen molar-refractivity contribution in [2.24, 2.45) is 0 Å². The Morgan fingerprint density at radius 2 is 2.26 bits per heavy atom. The zero-order valence-corrected chi connectivity index (χ0v) is 11.8. The number of carboxylic acid groups (broad SMARTS) is 1. The first kappa shape index (κ1) is 14.0. The van der Waals surface area contributed by atoms with E-state index in [1.54, 1.807) is 16.2 Å². The topological polar surface area (TPSA) is 66.8 Å². The quantitative estimate of drug-likeness (QED) is 0.913. The Morgan fingerprint density at radius 3 is 2.79 bits per heavy atom. The van der Waals surface area contributed by atoms with Crippen LogP contribution in [-0.2, 0) is 20.7 Å². The Labute approximate surface area is 115 Å². The van der Waals surface area contributed by atoms with Crippen molar-refractivity contribution in [1.82, 2.24) is 4.90 Å². The number of nitrogens with zero attached hydrogens (tertiary/aromatic N) is 1. The Morgan fingerprint density at radius 1 is 1.53 bits per heavy atom. The summed E-state index contributed by atoms with van der Waals surface area (Å²) in [6, 6.07) is 3.36. The standard InChI is InChI=1S/C13H17NO4S/c1-3-8-5-6-9(19-8)11-12(13(16)17)18-7-10(15)14(11)4-2/h5-6,11-12H,3-4,7H2,1-2H3,(H,16,17). The van der Waals surface area contributed by atoms with E-state index in [4.69, 9.17) is 4.74 Å². The maximum Gasteiger partial charge on any atom is 0.335 e. The van der Waals surface area contributed by atoms with E-state index in [0.717, 1.165) is 11.3 Å². The van der Waals surface area contributed by atoms with Gasteiger partial charge in [-0.1, -0.05) is 6.92 Å². The van der Waals surface area contributed by atoms with Gasteiger partial charge in [-0.3, -0.25) is 4.79 Å². The molecule has 0 aliphatic carbocycles. The average molecular weight is 283 g/mol. The van der Waals surface area contributed by atoms with Gasteiger partial charge < -0.3 is 14.7 Å². The lowest BCUT2D eigenvalue weighted by Gasteiger charge is -2.38. The van der Waals surface area contributed by atoms with Crippen LogP contribution in [0.3, 0.4) is 0 Å². The van der Waals surface area contributed by atoms with Crippen LogP contribution >= 0.6 is 11.3 Å². The van der Waals surface area contributed by atoms with Gasteiger partial charge in [-0.25, -0.2) is 4.79 Å². The van der Waals surface area contributed by atoms with Crippen molar-refractivity contribution < 1.29 is 19.4 Å². The van der Waals surface area contributed by atoms with Crippen LogP contribution in [0.15, 0.2) is 12.1 Å². The summed E-state index contributed by atoms with van der Waals surface area (Å²) in [5.74, 6) is -1.18. The smallest absolute Gasteiger partial charge is 0.335 e. The molecule has 0 radical (unpaired) electrons. The molecule has 0 spiro atoms. The van der Waals surface area contributed by atoms with E-state index in [2.05, 4.69) is 0 Å². The molecule has 5 nitrogen and oxygen atoms in total. The molecule has 1 N–H and O–H groups in total. The minimum absolute atomic E-state index is 0.156. The van der Waals surface area contributed by atoms with E-state index in [0.29, 0.717) is 6.54 Å². The number of carbonyl (C=O) groups is 2. The van der Waals surface area contributed by atoms with Crippen LogP contribution in [0.4, 0.5) is 0 Å². The number of rotatable bonds is 4. The molecule has 1 amide bonds. The monoisotopic (exact) mass is 283 g/mol. The summed E-state index contributed by atoms with van der Waals surface area (Å²) in [4.78, 5) is 26.8. The molecule has 19 heavy (non-hydrogen) atoms. The number of carboxylic acids is 1. The van der Waals surface area contributed by atoms with Gasteiger partial charge in [0.2, 0.25) is 5.91 Å². The molecule has 1 aliphatic heterocycles. The Kier molecular flexibility index (Phi) is 4.21. The van der Waals surface area contributed by atoms with Gasteiger partial charge in [-0.15, -0.1) is 11.3 Å². The summed E-state index contributed by atoms with van der Waals surface area (Å²) in [5, 5.41) is 9.28. The normalized spacial score (nSPS) is 23.7. The molecular formula is C13H17NO4S. The van der Waals surface area contributed by atoms with Crippen LogP contribution < -0.4 is 0 Å². The third kappa shape index (κ3) is 2.64. The third-order valence-corrected chi connectivity index (χ3v) is 4.54. The number of aliphatic carboxylic acids is 1. The molecule has 0 saturated carbocycles. The van der Waals surface area contributed by atoms with Crippen LogP contribution in [0.1, 0.15) is 29.6 Å². The van der Waals surface area contributed by atoms with Gasteiger partial charge >= 0.3 is 5.97 Å². The zero-order valence-electron chi connectivity index (χ0n) is 11.0. The van der Waals surface area contributed by atoms with E-state index in [-0.39, 0.29) is 12.5 Å². The molecule has 2 unspecified atom stereocenters. The molecule has 6 heteroatoms. The second kappa shape index (κ2) is 5.71. The third-order valence-electron chi connectivity index (χ3n) is 3.24. The number of hydrogen-bond acceptors (Lipinski definition) is 4. The van der Waals surface area contributed by atoms with Crippen LogP contribution in [0.5, 0.6) is 0 Å². The van der Waals surface area contributed by atoms with Crippen molar-refractivity contribution in [1.29, 1.82) is 0 Å². The number of ether oxygens (including phenoxy) is 1. The second-order valence-corrected chi connectivity index (χ2v) is 5.55. The van der Waals surface area contributed by atoms with Crippen molar-refractivity contribution in [3.05, 3.63) is 21.9 Å². The number of thiophene rings is 1. The lowest BCUT2D eigenvalue weighted by atomic mass is 10.1. The van der Waals surface area contributed by atoms with Crippen molar-refractivity contribution in [2.75, 3.05) is 13.2 Å². The van der Waals surface area contributed by atoms with E-state index in [1.807, 2.05) is 26.0 Å². The maximum atomic E-state index is 11.9. The lowest BCUT2D eigenvalue weighted by molar-refractivity contribution is -0.172. The first-order valence-electron chi connectivity index (χ1n) is 6.31. The molecule has 1 aromatic heterocycles. The van der Waals surface area contributed by atoms with Crippen molar-refractivity contribution >= 4 is 23.2 Å². The summed E-state index contributed by atoms with van der Waals surface area (Å²) in [6.07, 6.45) is -0.0863. The number of morpholine rings is 1. The van der Waals surface area contributed by atoms with E-state index in [9.17, 15) is 14.7 Å². The molecule has 1 aliphatic rings. The SMILES string of the molecule is CCc1ccc(C2C(C(=O)O)OCC(=O)N2CC)s1. The summed E-state index contributed by atoms with van der Waals surface area (Å²) >= 11 is 1.54. The number of carbonyl (C=O) groups excluding carboxylic acids is 1. The molecule has 1 saturated heterocycles. The summed E-state index contributed by atoms with van der Waals surface area (Å²) < 4.78 is 5.21. The zero-order chi connectivity index (χ0) is 14.0. The summed E-state index contributed by atoms with van der Waals surface area (Å²) in [6.45, 7) is 4.22. The van der Waals surface area contributed by atoms with Gasteiger partial charge in [0.25, 0.3) is 0 Å². The molecule has 2 atom stereocenters. The highest BCUT2D eigenvalue weighted by molar-refractivity contribution is 7.12. The Hall–Kier alpha value is -1.40. The highest BCUT2D eigenvalue weighted by atomic mass is 32.1.